The molecule has 2 aromatic heterocycles. The summed E-state index contributed by atoms with van der Waals surface area (Å²) in [5, 5.41) is 3.44. The van der Waals surface area contributed by atoms with Crippen molar-refractivity contribution < 1.29 is 0 Å². The maximum atomic E-state index is 4.92. The zero-order valence-corrected chi connectivity index (χ0v) is 14.8. The molecule has 0 amide bonds. The molecule has 0 atom stereocenters. The van der Waals surface area contributed by atoms with Gasteiger partial charge in [-0.3, -0.25) is 0 Å². The lowest BCUT2D eigenvalue weighted by Crippen LogP contribution is -1.94. The summed E-state index contributed by atoms with van der Waals surface area (Å²) in [5.74, 6) is 0. The lowest BCUT2D eigenvalue weighted by atomic mass is 9.95. The first-order valence-electron chi connectivity index (χ1n) is 8.86. The molecule has 124 valence electrons. The molecule has 5 aromatic rings. The quantitative estimate of drug-likeness (QED) is 0.340. The second kappa shape index (κ2) is 5.63. The lowest BCUT2D eigenvalue weighted by Gasteiger charge is -2.13. The third-order valence-corrected chi connectivity index (χ3v) is 5.01. The fourth-order valence-electron chi connectivity index (χ4n) is 3.73. The summed E-state index contributed by atoms with van der Waals surface area (Å²) >= 11 is 0. The van der Waals surface area contributed by atoms with E-state index in [1.807, 2.05) is 0 Å². The van der Waals surface area contributed by atoms with Crippen LogP contribution in [0.2, 0.25) is 0 Å². The molecule has 5 rings (SSSR count). The molecule has 0 fully saturated rings. The lowest BCUT2D eigenvalue weighted by molar-refractivity contribution is 1.35. The highest BCUT2D eigenvalue weighted by Gasteiger charge is 2.13. The monoisotopic (exact) mass is 334 g/mol. The van der Waals surface area contributed by atoms with Crippen LogP contribution in [0.3, 0.4) is 0 Å². The van der Waals surface area contributed by atoms with E-state index in [4.69, 9.17) is 9.97 Å². The number of hydrogen-bond donors (Lipinski definition) is 0. The molecule has 0 unspecified atom stereocenters. The van der Waals surface area contributed by atoms with Crippen LogP contribution in [0.4, 0.5) is 0 Å². The molecule has 0 aliphatic carbocycles. The van der Waals surface area contributed by atoms with Crippen molar-refractivity contribution in [2.75, 3.05) is 0 Å². The largest absolute Gasteiger partial charge is 0.228 e. The molecule has 26 heavy (non-hydrogen) atoms. The molecule has 0 aliphatic heterocycles. The summed E-state index contributed by atoms with van der Waals surface area (Å²) in [5.41, 5.74) is 7.65. The first kappa shape index (κ1) is 15.0. The van der Waals surface area contributed by atoms with E-state index in [0.717, 1.165) is 27.5 Å². The summed E-state index contributed by atoms with van der Waals surface area (Å²) in [6, 6.07) is 25.5. The van der Waals surface area contributed by atoms with Crippen LogP contribution in [0, 0.1) is 13.8 Å². The Morgan fingerprint density at radius 1 is 0.692 bits per heavy atom. The van der Waals surface area contributed by atoms with Crippen molar-refractivity contribution in [2.24, 2.45) is 0 Å². The van der Waals surface area contributed by atoms with Crippen LogP contribution in [0.15, 0.2) is 72.8 Å². The number of nitrogens with zero attached hydrogens (tertiary/aromatic N) is 2. The molecule has 0 spiro atoms. The van der Waals surface area contributed by atoms with Gasteiger partial charge in [-0.05, 0) is 43.2 Å². The Balaban J connectivity index is 2.03. The van der Waals surface area contributed by atoms with Gasteiger partial charge in [0.25, 0.3) is 0 Å². The van der Waals surface area contributed by atoms with Crippen molar-refractivity contribution in [3.63, 3.8) is 0 Å². The molecular weight excluding hydrogens is 316 g/mol. The summed E-state index contributed by atoms with van der Waals surface area (Å²) in [4.78, 5) is 9.81. The van der Waals surface area contributed by atoms with E-state index in [2.05, 4.69) is 86.6 Å². The molecule has 3 aromatic carbocycles. The molecule has 2 heterocycles. The number of fused-ring (bicyclic) bond motifs is 3. The van der Waals surface area contributed by atoms with Gasteiger partial charge in [-0.25, -0.2) is 9.97 Å². The van der Waals surface area contributed by atoms with Gasteiger partial charge in [0.15, 0.2) is 5.65 Å². The predicted molar refractivity (Wildman–Crippen MR) is 109 cm³/mol. The maximum absolute atomic E-state index is 4.92. The topological polar surface area (TPSA) is 25.8 Å². The highest BCUT2D eigenvalue weighted by Crippen LogP contribution is 2.36. The van der Waals surface area contributed by atoms with E-state index in [1.54, 1.807) is 0 Å². The van der Waals surface area contributed by atoms with Gasteiger partial charge < -0.3 is 0 Å². The maximum Gasteiger partial charge on any atom is 0.161 e. The van der Waals surface area contributed by atoms with Gasteiger partial charge in [0.05, 0.1) is 11.0 Å². The standard InChI is InChI=1S/C24H18N2/c1-15-11-12-21-19(13-15)22(17-8-4-3-5-9-17)20-14-18-10-6-7-16(2)23(18)26-24(20)25-21/h3-14H,1-2H3. The average Bonchev–Trinajstić information content (AvgIpc) is 2.66. The van der Waals surface area contributed by atoms with Crippen LogP contribution < -0.4 is 0 Å². The number of aryl methyl sites for hydroxylation is 2. The zero-order chi connectivity index (χ0) is 17.7. The number of para-hydroxylation sites is 1. The van der Waals surface area contributed by atoms with Crippen molar-refractivity contribution in [3.05, 3.63) is 83.9 Å². The fraction of sp³-hybridized carbons (Fsp3) is 0.0833. The van der Waals surface area contributed by atoms with E-state index >= 15 is 0 Å². The summed E-state index contributed by atoms with van der Waals surface area (Å²) in [7, 11) is 0. The molecular formula is C24H18N2. The first-order valence-corrected chi connectivity index (χ1v) is 8.86. The van der Waals surface area contributed by atoms with E-state index in [-0.39, 0.29) is 0 Å². The number of hydrogen-bond acceptors (Lipinski definition) is 2. The highest BCUT2D eigenvalue weighted by atomic mass is 14.8. The minimum absolute atomic E-state index is 0.807. The normalized spacial score (nSPS) is 11.5. The molecule has 0 N–H and O–H groups in total. The van der Waals surface area contributed by atoms with Gasteiger partial charge in [-0.1, -0.05) is 60.2 Å². The van der Waals surface area contributed by atoms with Gasteiger partial charge >= 0.3 is 0 Å². The van der Waals surface area contributed by atoms with Gasteiger partial charge in [-0.2, -0.15) is 0 Å². The molecule has 0 aliphatic rings. The second-order valence-corrected chi connectivity index (χ2v) is 6.88. The van der Waals surface area contributed by atoms with Crippen LogP contribution in [0.25, 0.3) is 44.0 Å². The Labute approximate surface area is 152 Å². The molecule has 2 heteroatoms. The van der Waals surface area contributed by atoms with E-state index in [1.165, 1.54) is 27.6 Å². The minimum atomic E-state index is 0.807. The SMILES string of the molecule is Cc1ccc2nc3nc4c(C)cccc4cc3c(-c3ccccc3)c2c1. The van der Waals surface area contributed by atoms with Crippen molar-refractivity contribution in [2.45, 2.75) is 13.8 Å². The van der Waals surface area contributed by atoms with Gasteiger partial charge in [0.1, 0.15) is 0 Å². The molecule has 0 radical (unpaired) electrons. The smallest absolute Gasteiger partial charge is 0.161 e. The van der Waals surface area contributed by atoms with Crippen molar-refractivity contribution in [1.82, 2.24) is 9.97 Å². The number of aromatic nitrogens is 2. The minimum Gasteiger partial charge on any atom is -0.228 e. The van der Waals surface area contributed by atoms with Crippen molar-refractivity contribution in [3.8, 4) is 11.1 Å². The third-order valence-electron chi connectivity index (χ3n) is 5.01. The number of benzene rings is 3. The van der Waals surface area contributed by atoms with E-state index in [0.29, 0.717) is 0 Å². The fourth-order valence-corrected chi connectivity index (χ4v) is 3.73. The summed E-state index contributed by atoms with van der Waals surface area (Å²) in [6.07, 6.45) is 0. The Kier molecular flexibility index (Phi) is 3.26. The van der Waals surface area contributed by atoms with Crippen LogP contribution >= 0.6 is 0 Å². The van der Waals surface area contributed by atoms with Gasteiger partial charge in [0.2, 0.25) is 0 Å². The van der Waals surface area contributed by atoms with Gasteiger partial charge in [-0.15, -0.1) is 0 Å². The first-order chi connectivity index (χ1) is 12.7. The Hall–Kier alpha value is -3.26. The number of rotatable bonds is 1. The third kappa shape index (κ3) is 2.26. The zero-order valence-electron chi connectivity index (χ0n) is 14.8. The highest BCUT2D eigenvalue weighted by molar-refractivity contribution is 6.11. The Morgan fingerprint density at radius 2 is 1.54 bits per heavy atom. The molecule has 0 saturated heterocycles. The van der Waals surface area contributed by atoms with Crippen molar-refractivity contribution >= 4 is 32.8 Å². The van der Waals surface area contributed by atoms with Crippen LogP contribution in [-0.4, -0.2) is 9.97 Å². The van der Waals surface area contributed by atoms with Crippen molar-refractivity contribution in [1.29, 1.82) is 0 Å². The summed E-state index contributed by atoms with van der Waals surface area (Å²) in [6.45, 7) is 4.23. The molecule has 0 bridgehead atoms. The van der Waals surface area contributed by atoms with E-state index in [9.17, 15) is 0 Å². The second-order valence-electron chi connectivity index (χ2n) is 6.88. The van der Waals surface area contributed by atoms with Crippen LogP contribution in [-0.2, 0) is 0 Å². The molecule has 0 saturated carbocycles. The number of pyridine rings is 2. The molecule has 2 nitrogen and oxygen atoms in total. The Morgan fingerprint density at radius 3 is 2.38 bits per heavy atom. The average molecular weight is 334 g/mol. The predicted octanol–water partition coefficient (Wildman–Crippen LogP) is 6.22. The Bertz CT molecular complexity index is 1290. The van der Waals surface area contributed by atoms with Crippen LogP contribution in [0.1, 0.15) is 11.1 Å². The summed E-state index contributed by atoms with van der Waals surface area (Å²) < 4.78 is 0. The van der Waals surface area contributed by atoms with Crippen LogP contribution in [0.5, 0.6) is 0 Å². The van der Waals surface area contributed by atoms with Gasteiger partial charge in [0, 0.05) is 21.7 Å². The van der Waals surface area contributed by atoms with E-state index < -0.39 is 0 Å².